The van der Waals surface area contributed by atoms with Gasteiger partial charge in [-0.05, 0) is 30.7 Å². The average Bonchev–Trinajstić information content (AvgIpc) is 2.67. The van der Waals surface area contributed by atoms with Crippen molar-refractivity contribution in [1.82, 2.24) is 15.6 Å². The van der Waals surface area contributed by atoms with Crippen molar-refractivity contribution < 1.29 is 32.6 Å². The van der Waals surface area contributed by atoms with Crippen LogP contribution in [0, 0.1) is 0 Å². The first kappa shape index (κ1) is 23.3. The minimum Gasteiger partial charge on any atom is -0.483 e. The minimum absolute atomic E-state index is 0.0299. The van der Waals surface area contributed by atoms with Gasteiger partial charge < -0.3 is 20.5 Å². The van der Waals surface area contributed by atoms with E-state index in [0.29, 0.717) is 16.3 Å². The molecule has 0 radical (unpaired) electrons. The number of halogens is 4. The maximum absolute atomic E-state index is 12.6. The van der Waals surface area contributed by atoms with Crippen LogP contribution in [0.1, 0.15) is 24.2 Å². The topological polar surface area (TPSA) is 101 Å². The van der Waals surface area contributed by atoms with Crippen molar-refractivity contribution >= 4 is 23.6 Å². The van der Waals surface area contributed by atoms with Gasteiger partial charge in [-0.25, -0.2) is 4.79 Å². The highest BCUT2D eigenvalue weighted by molar-refractivity contribution is 6.31. The van der Waals surface area contributed by atoms with Gasteiger partial charge >= 0.3 is 12.3 Å². The van der Waals surface area contributed by atoms with Crippen molar-refractivity contribution in [2.45, 2.75) is 31.6 Å². The van der Waals surface area contributed by atoms with E-state index in [1.54, 1.807) is 31.2 Å². The van der Waals surface area contributed by atoms with Gasteiger partial charge in [0.25, 0.3) is 0 Å². The molecule has 2 amide bonds. The van der Waals surface area contributed by atoms with E-state index < -0.39 is 36.9 Å². The van der Waals surface area contributed by atoms with Crippen LogP contribution >= 0.6 is 11.6 Å². The summed E-state index contributed by atoms with van der Waals surface area (Å²) in [5.41, 5.74) is 0.944. The third-order valence-corrected chi connectivity index (χ3v) is 4.33. The van der Waals surface area contributed by atoms with Crippen LogP contribution in [0.3, 0.4) is 0 Å². The summed E-state index contributed by atoms with van der Waals surface area (Å²) in [4.78, 5) is 27.7. The quantitative estimate of drug-likeness (QED) is 0.575. The number of nitrogens with one attached hydrogen (secondary N) is 2. The lowest BCUT2D eigenvalue weighted by Crippen LogP contribution is -2.48. The Bertz CT molecular complexity index is 878. The third kappa shape index (κ3) is 7.43. The molecule has 2 rings (SSSR count). The second-order valence-electron chi connectivity index (χ2n) is 6.35. The summed E-state index contributed by atoms with van der Waals surface area (Å²) >= 11 is 6.08. The summed E-state index contributed by atoms with van der Waals surface area (Å²) in [6.45, 7) is 0.161. The Hall–Kier alpha value is -3.01. The van der Waals surface area contributed by atoms with Crippen LogP contribution in [-0.4, -0.2) is 40.9 Å². The number of nitrogens with zero attached hydrogens (tertiary/aromatic N) is 1. The lowest BCUT2D eigenvalue weighted by Gasteiger charge is -2.21. The number of carbonyl (C=O) groups excluding carboxylic acids is 1. The zero-order valence-corrected chi connectivity index (χ0v) is 16.5. The maximum atomic E-state index is 12.6. The van der Waals surface area contributed by atoms with E-state index in [-0.39, 0.29) is 12.2 Å². The Kier molecular flexibility index (Phi) is 7.87. The van der Waals surface area contributed by atoms with Crippen LogP contribution in [0.5, 0.6) is 5.75 Å². The van der Waals surface area contributed by atoms with Crippen molar-refractivity contribution in [2.75, 3.05) is 6.61 Å². The van der Waals surface area contributed by atoms with Gasteiger partial charge in [-0.2, -0.15) is 13.2 Å². The summed E-state index contributed by atoms with van der Waals surface area (Å²) in [6.07, 6.45) is -4.70. The molecule has 11 heteroatoms. The van der Waals surface area contributed by atoms with Crippen molar-refractivity contribution in [1.29, 1.82) is 0 Å². The monoisotopic (exact) mass is 445 g/mol. The number of benzene rings is 1. The van der Waals surface area contributed by atoms with E-state index in [2.05, 4.69) is 20.4 Å². The summed E-state index contributed by atoms with van der Waals surface area (Å²) in [6, 6.07) is 7.68. The number of hydrogen-bond acceptors (Lipinski definition) is 4. The van der Waals surface area contributed by atoms with Crippen molar-refractivity contribution in [3.8, 4) is 5.75 Å². The Morgan fingerprint density at radius 3 is 2.47 bits per heavy atom. The molecule has 1 unspecified atom stereocenters. The predicted molar refractivity (Wildman–Crippen MR) is 102 cm³/mol. The largest absolute Gasteiger partial charge is 0.483 e. The summed E-state index contributed by atoms with van der Waals surface area (Å²) in [7, 11) is 0. The molecule has 3 N–H and O–H groups in total. The molecule has 2 aromatic rings. The SMILES string of the molecule is C[C@@H](NC(=O)C(Cc1ccccc1Cl)NC(=O)O)c1ccc(OCC(F)(F)F)cn1. The van der Waals surface area contributed by atoms with Gasteiger partial charge in [0.15, 0.2) is 6.61 Å². The molecule has 7 nitrogen and oxygen atoms in total. The van der Waals surface area contributed by atoms with Gasteiger partial charge in [0.05, 0.1) is 17.9 Å². The van der Waals surface area contributed by atoms with E-state index in [1.807, 2.05) is 0 Å². The van der Waals surface area contributed by atoms with Crippen LogP contribution < -0.4 is 15.4 Å². The molecule has 0 fully saturated rings. The molecule has 0 spiro atoms. The molecular weight excluding hydrogens is 427 g/mol. The molecule has 1 heterocycles. The Morgan fingerprint density at radius 2 is 1.90 bits per heavy atom. The van der Waals surface area contributed by atoms with Crippen molar-refractivity contribution in [3.63, 3.8) is 0 Å². The van der Waals surface area contributed by atoms with E-state index >= 15 is 0 Å². The number of carboxylic acid groups (broad SMARTS) is 1. The molecule has 162 valence electrons. The molecule has 0 saturated carbocycles. The number of ether oxygens (including phenoxy) is 1. The van der Waals surface area contributed by atoms with Crippen LogP contribution in [0.4, 0.5) is 18.0 Å². The van der Waals surface area contributed by atoms with Gasteiger partial charge in [0.2, 0.25) is 5.91 Å². The van der Waals surface area contributed by atoms with Crippen LogP contribution in [0.25, 0.3) is 0 Å². The number of carbonyl (C=O) groups is 2. The molecule has 0 aliphatic heterocycles. The zero-order chi connectivity index (χ0) is 22.3. The fourth-order valence-electron chi connectivity index (χ4n) is 2.53. The first-order valence-corrected chi connectivity index (χ1v) is 9.11. The highest BCUT2D eigenvalue weighted by Gasteiger charge is 2.28. The van der Waals surface area contributed by atoms with Gasteiger partial charge in [0, 0.05) is 11.4 Å². The first-order chi connectivity index (χ1) is 14.0. The molecule has 2 atom stereocenters. The van der Waals surface area contributed by atoms with Crippen LogP contribution in [0.15, 0.2) is 42.6 Å². The summed E-state index contributed by atoms with van der Waals surface area (Å²) in [5, 5.41) is 14.2. The molecule has 1 aromatic carbocycles. The standard InChI is InChI=1S/C19H19ClF3N3O4/c1-11(15-7-6-13(9-24-15)30-10-19(21,22)23)25-17(27)16(26-18(28)29)8-12-4-2-3-5-14(12)20/h2-7,9,11,16,26H,8,10H2,1H3,(H,25,27)(H,28,29)/t11-,16?/m1/s1. The first-order valence-electron chi connectivity index (χ1n) is 8.74. The molecular formula is C19H19ClF3N3O4. The second-order valence-corrected chi connectivity index (χ2v) is 6.76. The highest BCUT2D eigenvalue weighted by Crippen LogP contribution is 2.20. The average molecular weight is 446 g/mol. The number of aromatic nitrogens is 1. The van der Waals surface area contributed by atoms with Gasteiger partial charge in [-0.1, -0.05) is 29.8 Å². The second kappa shape index (κ2) is 10.1. The fraction of sp³-hybridized carbons (Fsp3) is 0.316. The lowest BCUT2D eigenvalue weighted by atomic mass is 10.0. The molecule has 30 heavy (non-hydrogen) atoms. The van der Waals surface area contributed by atoms with Gasteiger partial charge in [0.1, 0.15) is 11.8 Å². The smallest absolute Gasteiger partial charge is 0.422 e. The lowest BCUT2D eigenvalue weighted by molar-refractivity contribution is -0.153. The number of alkyl halides is 3. The Morgan fingerprint density at radius 1 is 1.20 bits per heavy atom. The van der Waals surface area contributed by atoms with E-state index in [1.165, 1.54) is 12.1 Å². The molecule has 0 aliphatic carbocycles. The van der Waals surface area contributed by atoms with Gasteiger partial charge in [-0.3, -0.25) is 9.78 Å². The third-order valence-electron chi connectivity index (χ3n) is 3.96. The van der Waals surface area contributed by atoms with Crippen LogP contribution in [0.2, 0.25) is 5.02 Å². The van der Waals surface area contributed by atoms with Crippen molar-refractivity contribution in [3.05, 3.63) is 58.9 Å². The summed E-state index contributed by atoms with van der Waals surface area (Å²) < 4.78 is 41.2. The number of amides is 2. The zero-order valence-electron chi connectivity index (χ0n) is 15.7. The summed E-state index contributed by atoms with van der Waals surface area (Å²) in [5.74, 6) is -0.678. The highest BCUT2D eigenvalue weighted by atomic mass is 35.5. The Labute approximate surface area is 175 Å². The van der Waals surface area contributed by atoms with Crippen LogP contribution in [-0.2, 0) is 11.2 Å². The minimum atomic E-state index is -4.46. The van der Waals surface area contributed by atoms with E-state index in [0.717, 1.165) is 6.20 Å². The number of rotatable bonds is 8. The molecule has 0 saturated heterocycles. The maximum Gasteiger partial charge on any atom is 0.422 e. The Balaban J connectivity index is 2.03. The van der Waals surface area contributed by atoms with E-state index in [4.69, 9.17) is 16.7 Å². The fourth-order valence-corrected chi connectivity index (χ4v) is 2.74. The van der Waals surface area contributed by atoms with E-state index in [9.17, 15) is 22.8 Å². The molecule has 1 aromatic heterocycles. The predicted octanol–water partition coefficient (Wildman–Crippen LogP) is 3.73. The van der Waals surface area contributed by atoms with Gasteiger partial charge in [-0.15, -0.1) is 0 Å². The number of hydrogen-bond donors (Lipinski definition) is 3. The van der Waals surface area contributed by atoms with Crippen molar-refractivity contribution in [2.24, 2.45) is 0 Å². The normalized spacial score (nSPS) is 13.2. The molecule has 0 aliphatic rings. The number of pyridine rings is 1. The molecule has 0 bridgehead atoms.